The molecule has 28 heavy (non-hydrogen) atoms. The summed E-state index contributed by atoms with van der Waals surface area (Å²) in [4.78, 5) is 14.6. The Morgan fingerprint density at radius 1 is 1.18 bits per heavy atom. The summed E-state index contributed by atoms with van der Waals surface area (Å²) in [5.74, 6) is -0.803. The van der Waals surface area contributed by atoms with Gasteiger partial charge in [0.15, 0.2) is 0 Å². The lowest BCUT2D eigenvalue weighted by molar-refractivity contribution is -0.135. The van der Waals surface area contributed by atoms with Crippen LogP contribution in [0.15, 0.2) is 57.9 Å². The first-order valence-corrected chi connectivity index (χ1v) is 11.3. The van der Waals surface area contributed by atoms with E-state index in [0.29, 0.717) is 25.9 Å². The molecule has 1 unspecified atom stereocenters. The number of rotatable bonds is 5. The molecule has 1 fully saturated rings. The van der Waals surface area contributed by atoms with Crippen LogP contribution >= 0.6 is 15.9 Å². The van der Waals surface area contributed by atoms with Crippen LogP contribution in [0.25, 0.3) is 0 Å². The highest BCUT2D eigenvalue weighted by atomic mass is 79.9. The molecule has 2 aromatic carbocycles. The van der Waals surface area contributed by atoms with Gasteiger partial charge in [0.25, 0.3) is 0 Å². The normalized spacial score (nSPS) is 18.0. The van der Waals surface area contributed by atoms with Crippen molar-refractivity contribution in [1.82, 2.24) is 9.21 Å². The zero-order valence-corrected chi connectivity index (χ0v) is 17.9. The first kappa shape index (κ1) is 21.0. The number of hydrogen-bond acceptors (Lipinski definition) is 3. The summed E-state index contributed by atoms with van der Waals surface area (Å²) in [7, 11) is -1.95. The fourth-order valence-electron chi connectivity index (χ4n) is 3.37. The minimum atomic E-state index is -3.63. The maximum Gasteiger partial charge on any atom is 0.243 e. The first-order valence-electron chi connectivity index (χ1n) is 9.02. The van der Waals surface area contributed by atoms with Gasteiger partial charge < -0.3 is 4.90 Å². The van der Waals surface area contributed by atoms with E-state index in [1.165, 1.54) is 16.4 Å². The van der Waals surface area contributed by atoms with Gasteiger partial charge in [-0.2, -0.15) is 4.31 Å². The van der Waals surface area contributed by atoms with Crippen molar-refractivity contribution in [3.05, 3.63) is 64.4 Å². The van der Waals surface area contributed by atoms with Gasteiger partial charge in [0.1, 0.15) is 5.82 Å². The lowest BCUT2D eigenvalue weighted by atomic mass is 9.98. The van der Waals surface area contributed by atoms with Crippen LogP contribution in [0.1, 0.15) is 18.4 Å². The molecule has 0 saturated carbocycles. The molecule has 0 bridgehead atoms. The van der Waals surface area contributed by atoms with Crippen molar-refractivity contribution in [3.63, 3.8) is 0 Å². The van der Waals surface area contributed by atoms with Gasteiger partial charge in [0, 0.05) is 31.2 Å². The zero-order chi connectivity index (χ0) is 20.3. The number of nitrogens with zero attached hydrogens (tertiary/aromatic N) is 2. The van der Waals surface area contributed by atoms with Gasteiger partial charge in [-0.15, -0.1) is 0 Å². The SMILES string of the molecule is CN(Cc1ccc(F)cc1)C(=O)C1CCCN(S(=O)(=O)c2ccc(Br)cc2)C1. The molecule has 0 spiro atoms. The summed E-state index contributed by atoms with van der Waals surface area (Å²) >= 11 is 3.30. The second-order valence-corrected chi connectivity index (χ2v) is 9.83. The van der Waals surface area contributed by atoms with Gasteiger partial charge in [-0.25, -0.2) is 12.8 Å². The lowest BCUT2D eigenvalue weighted by Gasteiger charge is -2.33. The number of amides is 1. The Balaban J connectivity index is 1.68. The molecule has 1 heterocycles. The van der Waals surface area contributed by atoms with Gasteiger partial charge in [0.05, 0.1) is 10.8 Å². The van der Waals surface area contributed by atoms with E-state index in [9.17, 15) is 17.6 Å². The molecule has 3 rings (SSSR count). The molecule has 5 nitrogen and oxygen atoms in total. The van der Waals surface area contributed by atoms with Gasteiger partial charge in [-0.3, -0.25) is 4.79 Å². The largest absolute Gasteiger partial charge is 0.341 e. The smallest absolute Gasteiger partial charge is 0.243 e. The van der Waals surface area contributed by atoms with Crippen LogP contribution < -0.4 is 0 Å². The van der Waals surface area contributed by atoms with E-state index in [1.807, 2.05) is 0 Å². The molecule has 2 aromatic rings. The fourth-order valence-corrected chi connectivity index (χ4v) is 5.16. The Hall–Kier alpha value is -1.77. The third kappa shape index (κ3) is 4.79. The second-order valence-electron chi connectivity index (χ2n) is 6.98. The molecule has 1 aliphatic rings. The Labute approximate surface area is 173 Å². The number of hydrogen-bond donors (Lipinski definition) is 0. The van der Waals surface area contributed by atoms with E-state index >= 15 is 0 Å². The van der Waals surface area contributed by atoms with E-state index < -0.39 is 10.0 Å². The summed E-state index contributed by atoms with van der Waals surface area (Å²) in [6.07, 6.45) is 1.29. The molecule has 1 aliphatic heterocycles. The molecule has 0 aromatic heterocycles. The maximum absolute atomic E-state index is 13.0. The predicted octanol–water partition coefficient (Wildman–Crippen LogP) is 3.65. The Morgan fingerprint density at radius 3 is 2.46 bits per heavy atom. The van der Waals surface area contributed by atoms with Gasteiger partial charge in [-0.05, 0) is 54.8 Å². The Kier molecular flexibility index (Phi) is 6.52. The van der Waals surface area contributed by atoms with Crippen LogP contribution in [0, 0.1) is 11.7 Å². The van der Waals surface area contributed by atoms with E-state index in [1.54, 1.807) is 48.3 Å². The molecular weight excluding hydrogens is 447 g/mol. The van der Waals surface area contributed by atoms with Crippen molar-refractivity contribution < 1.29 is 17.6 Å². The first-order chi connectivity index (χ1) is 13.3. The minimum absolute atomic E-state index is 0.0972. The van der Waals surface area contributed by atoms with Crippen molar-refractivity contribution in [2.45, 2.75) is 24.3 Å². The van der Waals surface area contributed by atoms with Gasteiger partial charge in [0.2, 0.25) is 15.9 Å². The molecule has 8 heteroatoms. The molecule has 1 amide bonds. The molecule has 0 aliphatic carbocycles. The van der Waals surface area contributed by atoms with Crippen LogP contribution in [-0.2, 0) is 21.4 Å². The number of carbonyl (C=O) groups is 1. The number of piperidine rings is 1. The fraction of sp³-hybridized carbons (Fsp3) is 0.350. The summed E-state index contributed by atoms with van der Waals surface area (Å²) in [5, 5.41) is 0. The van der Waals surface area contributed by atoms with E-state index in [-0.39, 0.29) is 29.1 Å². The Bertz CT molecular complexity index is 933. The zero-order valence-electron chi connectivity index (χ0n) is 15.5. The average Bonchev–Trinajstić information content (AvgIpc) is 2.69. The van der Waals surface area contributed by atoms with E-state index in [0.717, 1.165) is 10.0 Å². The molecule has 150 valence electrons. The average molecular weight is 469 g/mol. The van der Waals surface area contributed by atoms with Crippen LogP contribution in [0.4, 0.5) is 4.39 Å². The maximum atomic E-state index is 13.0. The standard InChI is InChI=1S/C20H22BrFN2O3S/c1-23(13-15-4-8-18(22)9-5-15)20(25)16-3-2-12-24(14-16)28(26,27)19-10-6-17(21)7-11-19/h4-11,16H,2-3,12-14H2,1H3. The molecule has 1 atom stereocenters. The number of carbonyl (C=O) groups excluding carboxylic acids is 1. The molecule has 0 radical (unpaired) electrons. The quantitative estimate of drug-likeness (QED) is 0.672. The highest BCUT2D eigenvalue weighted by Gasteiger charge is 2.34. The van der Waals surface area contributed by atoms with Crippen molar-refractivity contribution in [2.24, 2.45) is 5.92 Å². The summed E-state index contributed by atoms with van der Waals surface area (Å²) in [6.45, 7) is 0.934. The second kappa shape index (κ2) is 8.71. The summed E-state index contributed by atoms with van der Waals surface area (Å²) < 4.78 is 41.1. The number of benzene rings is 2. The summed E-state index contributed by atoms with van der Waals surface area (Å²) in [6, 6.07) is 12.5. The highest BCUT2D eigenvalue weighted by molar-refractivity contribution is 9.10. The Morgan fingerprint density at radius 2 is 1.82 bits per heavy atom. The van der Waals surface area contributed by atoms with Crippen LogP contribution in [0.5, 0.6) is 0 Å². The lowest BCUT2D eigenvalue weighted by Crippen LogP contribution is -2.45. The van der Waals surface area contributed by atoms with Gasteiger partial charge in [-0.1, -0.05) is 28.1 Å². The van der Waals surface area contributed by atoms with Crippen molar-refractivity contribution in [3.8, 4) is 0 Å². The monoisotopic (exact) mass is 468 g/mol. The molecule has 0 N–H and O–H groups in total. The van der Waals surface area contributed by atoms with Crippen molar-refractivity contribution in [1.29, 1.82) is 0 Å². The van der Waals surface area contributed by atoms with Crippen molar-refractivity contribution >= 4 is 31.9 Å². The topological polar surface area (TPSA) is 57.7 Å². The minimum Gasteiger partial charge on any atom is -0.341 e. The molecular formula is C20H22BrFN2O3S. The molecule has 1 saturated heterocycles. The third-order valence-corrected chi connectivity index (χ3v) is 7.30. The number of sulfonamides is 1. The van der Waals surface area contributed by atoms with Gasteiger partial charge >= 0.3 is 0 Å². The van der Waals surface area contributed by atoms with E-state index in [2.05, 4.69) is 15.9 Å². The summed E-state index contributed by atoms with van der Waals surface area (Å²) in [5.41, 5.74) is 0.826. The van der Waals surface area contributed by atoms with Crippen molar-refractivity contribution in [2.75, 3.05) is 20.1 Å². The van der Waals surface area contributed by atoms with Crippen LogP contribution in [0.3, 0.4) is 0 Å². The third-order valence-electron chi connectivity index (χ3n) is 4.89. The highest BCUT2D eigenvalue weighted by Crippen LogP contribution is 2.26. The number of halogens is 2. The van der Waals surface area contributed by atoms with Crippen LogP contribution in [0.2, 0.25) is 0 Å². The van der Waals surface area contributed by atoms with Crippen LogP contribution in [-0.4, -0.2) is 43.7 Å². The predicted molar refractivity (Wildman–Crippen MR) is 108 cm³/mol. The van der Waals surface area contributed by atoms with E-state index in [4.69, 9.17) is 0 Å².